The Morgan fingerprint density at radius 3 is 2.47 bits per heavy atom. The Bertz CT molecular complexity index is 1060. The van der Waals surface area contributed by atoms with Crippen LogP contribution in [-0.2, 0) is 19.3 Å². The Kier molecular flexibility index (Phi) is 6.50. The number of hydrogen-bond acceptors (Lipinski definition) is 3. The number of amides is 2. The first-order valence-electron chi connectivity index (χ1n) is 10.2. The molecule has 1 aliphatic carbocycles. The first-order valence-corrected chi connectivity index (χ1v) is 11.4. The standard InChI is InChI=1S/C24H23ClN2O2S/c25-19-12-6-4-10-17(19)22(28)27-24-21(18-11-5-7-13-20(18)30-24)23(29)26-15-14-16-8-2-1-3-9-16/h1-4,6,8-10,12H,5,7,11,13-15H2,(H,26,29)(H,27,28). The molecule has 0 atom stereocenters. The summed E-state index contributed by atoms with van der Waals surface area (Å²) >= 11 is 7.69. The summed E-state index contributed by atoms with van der Waals surface area (Å²) in [7, 11) is 0. The molecule has 30 heavy (non-hydrogen) atoms. The van der Waals surface area contributed by atoms with Gasteiger partial charge in [-0.05, 0) is 55.4 Å². The first-order chi connectivity index (χ1) is 14.6. The predicted molar refractivity (Wildman–Crippen MR) is 123 cm³/mol. The number of benzene rings is 2. The first kappa shape index (κ1) is 20.6. The number of rotatable bonds is 6. The molecule has 0 spiro atoms. The lowest BCUT2D eigenvalue weighted by Crippen LogP contribution is -2.27. The van der Waals surface area contributed by atoms with Gasteiger partial charge in [0.15, 0.2) is 0 Å². The molecule has 154 valence electrons. The third kappa shape index (κ3) is 4.58. The fourth-order valence-electron chi connectivity index (χ4n) is 3.76. The molecule has 0 aliphatic heterocycles. The van der Waals surface area contributed by atoms with Gasteiger partial charge in [-0.3, -0.25) is 9.59 Å². The van der Waals surface area contributed by atoms with E-state index in [4.69, 9.17) is 11.6 Å². The normalized spacial score (nSPS) is 12.8. The van der Waals surface area contributed by atoms with E-state index in [1.807, 2.05) is 30.3 Å². The second-order valence-electron chi connectivity index (χ2n) is 7.34. The highest BCUT2D eigenvalue weighted by Gasteiger charge is 2.26. The molecule has 2 amide bonds. The van der Waals surface area contributed by atoms with Crippen LogP contribution in [0.15, 0.2) is 54.6 Å². The molecule has 0 bridgehead atoms. The van der Waals surface area contributed by atoms with E-state index in [0.29, 0.717) is 27.7 Å². The number of hydrogen-bond donors (Lipinski definition) is 2. The fraction of sp³-hybridized carbons (Fsp3) is 0.250. The van der Waals surface area contributed by atoms with Gasteiger partial charge in [-0.25, -0.2) is 0 Å². The van der Waals surface area contributed by atoms with Crippen molar-refractivity contribution in [3.63, 3.8) is 0 Å². The highest BCUT2D eigenvalue weighted by molar-refractivity contribution is 7.17. The Labute approximate surface area is 185 Å². The van der Waals surface area contributed by atoms with Crippen LogP contribution in [0.5, 0.6) is 0 Å². The lowest BCUT2D eigenvalue weighted by Gasteiger charge is -2.13. The highest BCUT2D eigenvalue weighted by atomic mass is 35.5. The number of nitrogens with one attached hydrogen (secondary N) is 2. The third-order valence-corrected chi connectivity index (χ3v) is 6.82. The largest absolute Gasteiger partial charge is 0.352 e. The molecule has 3 aromatic rings. The zero-order valence-electron chi connectivity index (χ0n) is 16.5. The van der Waals surface area contributed by atoms with Crippen molar-refractivity contribution in [2.24, 2.45) is 0 Å². The van der Waals surface area contributed by atoms with E-state index in [0.717, 1.165) is 37.7 Å². The van der Waals surface area contributed by atoms with Crippen LogP contribution in [0.25, 0.3) is 0 Å². The minimum absolute atomic E-state index is 0.125. The van der Waals surface area contributed by atoms with Crippen molar-refractivity contribution in [3.05, 3.63) is 86.8 Å². The van der Waals surface area contributed by atoms with Gasteiger partial charge in [0.2, 0.25) is 0 Å². The summed E-state index contributed by atoms with van der Waals surface area (Å²) < 4.78 is 0. The summed E-state index contributed by atoms with van der Waals surface area (Å²) in [4.78, 5) is 27.1. The van der Waals surface area contributed by atoms with Gasteiger partial charge in [0.05, 0.1) is 16.1 Å². The minimum Gasteiger partial charge on any atom is -0.352 e. The number of carbonyl (C=O) groups excluding carboxylic acids is 2. The van der Waals surface area contributed by atoms with E-state index >= 15 is 0 Å². The van der Waals surface area contributed by atoms with Crippen LogP contribution in [0, 0.1) is 0 Å². The zero-order chi connectivity index (χ0) is 20.9. The number of anilines is 1. The second-order valence-corrected chi connectivity index (χ2v) is 8.85. The summed E-state index contributed by atoms with van der Waals surface area (Å²) in [5, 5.41) is 7.00. The van der Waals surface area contributed by atoms with E-state index in [2.05, 4.69) is 10.6 Å². The van der Waals surface area contributed by atoms with Gasteiger partial charge >= 0.3 is 0 Å². The zero-order valence-corrected chi connectivity index (χ0v) is 18.1. The van der Waals surface area contributed by atoms with Crippen LogP contribution < -0.4 is 10.6 Å². The van der Waals surface area contributed by atoms with Gasteiger partial charge < -0.3 is 10.6 Å². The molecule has 2 N–H and O–H groups in total. The van der Waals surface area contributed by atoms with Gasteiger partial charge in [-0.2, -0.15) is 0 Å². The van der Waals surface area contributed by atoms with E-state index in [1.165, 1.54) is 21.8 Å². The second kappa shape index (κ2) is 9.45. The Morgan fingerprint density at radius 2 is 1.67 bits per heavy atom. The average molecular weight is 439 g/mol. The third-order valence-electron chi connectivity index (χ3n) is 5.29. The van der Waals surface area contributed by atoms with Crippen LogP contribution in [0.3, 0.4) is 0 Å². The number of thiophene rings is 1. The van der Waals surface area contributed by atoms with Gasteiger partial charge in [0.1, 0.15) is 5.00 Å². The minimum atomic E-state index is -0.294. The van der Waals surface area contributed by atoms with E-state index < -0.39 is 0 Å². The van der Waals surface area contributed by atoms with Crippen molar-refractivity contribution in [1.29, 1.82) is 0 Å². The smallest absolute Gasteiger partial charge is 0.257 e. The predicted octanol–water partition coefficient (Wildman–Crippen LogP) is 5.51. The summed E-state index contributed by atoms with van der Waals surface area (Å²) in [6.45, 7) is 0.547. The molecule has 1 aliphatic rings. The Hall–Kier alpha value is -2.63. The number of halogens is 1. The SMILES string of the molecule is O=C(Nc1sc2c(c1C(=O)NCCc1ccccc1)CCCC2)c1ccccc1Cl. The Morgan fingerprint density at radius 1 is 0.933 bits per heavy atom. The highest BCUT2D eigenvalue weighted by Crippen LogP contribution is 2.38. The number of carbonyl (C=O) groups is 2. The average Bonchev–Trinajstić information content (AvgIpc) is 3.12. The van der Waals surface area contributed by atoms with E-state index in [1.54, 1.807) is 24.3 Å². The van der Waals surface area contributed by atoms with Crippen molar-refractivity contribution >= 4 is 39.8 Å². The lowest BCUT2D eigenvalue weighted by atomic mass is 9.95. The van der Waals surface area contributed by atoms with Crippen molar-refractivity contribution < 1.29 is 9.59 Å². The van der Waals surface area contributed by atoms with Gasteiger partial charge in [0, 0.05) is 11.4 Å². The maximum absolute atomic E-state index is 13.1. The van der Waals surface area contributed by atoms with E-state index in [-0.39, 0.29) is 11.8 Å². The summed E-state index contributed by atoms with van der Waals surface area (Å²) in [6, 6.07) is 17.0. The van der Waals surface area contributed by atoms with Crippen LogP contribution in [0.2, 0.25) is 5.02 Å². The maximum atomic E-state index is 13.1. The Balaban J connectivity index is 1.54. The van der Waals surface area contributed by atoms with Crippen LogP contribution in [0.1, 0.15) is 49.6 Å². The quantitative estimate of drug-likeness (QED) is 0.533. The van der Waals surface area contributed by atoms with Gasteiger partial charge in [-0.1, -0.05) is 54.1 Å². The van der Waals surface area contributed by atoms with E-state index in [9.17, 15) is 9.59 Å². The summed E-state index contributed by atoms with van der Waals surface area (Å²) in [5.41, 5.74) is 3.28. The molecule has 2 aromatic carbocycles. The van der Waals surface area contributed by atoms with Gasteiger partial charge in [-0.15, -0.1) is 11.3 Å². The molecular weight excluding hydrogens is 416 g/mol. The molecule has 0 saturated carbocycles. The molecule has 0 unspecified atom stereocenters. The molecule has 6 heteroatoms. The molecule has 4 rings (SSSR count). The molecule has 1 heterocycles. The maximum Gasteiger partial charge on any atom is 0.257 e. The monoisotopic (exact) mass is 438 g/mol. The molecule has 1 aromatic heterocycles. The fourth-order valence-corrected chi connectivity index (χ4v) is 5.27. The summed E-state index contributed by atoms with van der Waals surface area (Å²) in [6.07, 6.45) is 4.76. The number of aryl methyl sites for hydroxylation is 1. The topological polar surface area (TPSA) is 58.2 Å². The van der Waals surface area contributed by atoms with Crippen molar-refractivity contribution in [1.82, 2.24) is 5.32 Å². The van der Waals surface area contributed by atoms with Crippen LogP contribution in [0.4, 0.5) is 5.00 Å². The lowest BCUT2D eigenvalue weighted by molar-refractivity contribution is 0.0954. The van der Waals surface area contributed by atoms with Gasteiger partial charge in [0.25, 0.3) is 11.8 Å². The van der Waals surface area contributed by atoms with Crippen LogP contribution >= 0.6 is 22.9 Å². The molecule has 0 fully saturated rings. The molecule has 4 nitrogen and oxygen atoms in total. The molecular formula is C24H23ClN2O2S. The number of fused-ring (bicyclic) bond motifs is 1. The van der Waals surface area contributed by atoms with Crippen LogP contribution in [-0.4, -0.2) is 18.4 Å². The molecule has 0 radical (unpaired) electrons. The van der Waals surface area contributed by atoms with Crippen molar-refractivity contribution in [3.8, 4) is 0 Å². The van der Waals surface area contributed by atoms with Crippen molar-refractivity contribution in [2.45, 2.75) is 32.1 Å². The van der Waals surface area contributed by atoms with Crippen molar-refractivity contribution in [2.75, 3.05) is 11.9 Å². The summed E-state index contributed by atoms with van der Waals surface area (Å²) in [5.74, 6) is -0.419. The molecule has 0 saturated heterocycles.